The van der Waals surface area contributed by atoms with Crippen molar-refractivity contribution >= 4 is 34.8 Å². The summed E-state index contributed by atoms with van der Waals surface area (Å²) in [6.45, 7) is 1.99. The molecule has 0 spiro atoms. The Kier molecular flexibility index (Phi) is 6.43. The number of nitrogens with one attached hydrogen (secondary N) is 1. The van der Waals surface area contributed by atoms with Crippen LogP contribution in [0.15, 0.2) is 18.2 Å². The van der Waals surface area contributed by atoms with Crippen LogP contribution < -0.4 is 5.32 Å². The molecule has 2 fully saturated rings. The summed E-state index contributed by atoms with van der Waals surface area (Å²) in [5, 5.41) is 3.83. The van der Waals surface area contributed by atoms with Crippen molar-refractivity contribution in [3.05, 3.63) is 28.2 Å². The number of benzene rings is 1. The second kappa shape index (κ2) is 8.55. The van der Waals surface area contributed by atoms with E-state index in [4.69, 9.17) is 23.2 Å². The number of nitrogens with zero attached hydrogens (tertiary/aromatic N) is 1. The largest absolute Gasteiger partial charge is 0.324 e. The van der Waals surface area contributed by atoms with E-state index in [0.29, 0.717) is 28.2 Å². The zero-order valence-electron chi connectivity index (χ0n) is 14.1. The molecule has 0 atom stereocenters. The van der Waals surface area contributed by atoms with Crippen molar-refractivity contribution in [3.8, 4) is 0 Å². The summed E-state index contributed by atoms with van der Waals surface area (Å²) < 4.78 is 0. The summed E-state index contributed by atoms with van der Waals surface area (Å²) >= 11 is 12.2. The van der Waals surface area contributed by atoms with Crippen LogP contribution >= 0.6 is 23.2 Å². The highest BCUT2D eigenvalue weighted by Crippen LogP contribution is 2.32. The molecule has 0 aromatic heterocycles. The lowest BCUT2D eigenvalue weighted by molar-refractivity contribution is -0.116. The molecule has 132 valence electrons. The predicted molar refractivity (Wildman–Crippen MR) is 101 cm³/mol. The van der Waals surface area contributed by atoms with Crippen LogP contribution in [-0.4, -0.2) is 29.9 Å². The molecule has 1 aromatic rings. The number of hydrogen-bond donors (Lipinski definition) is 1. The number of carbonyl (C=O) groups excluding carboxylic acids is 1. The van der Waals surface area contributed by atoms with Crippen molar-refractivity contribution in [2.45, 2.75) is 57.4 Å². The number of anilines is 1. The monoisotopic (exact) mass is 368 g/mol. The van der Waals surface area contributed by atoms with E-state index >= 15 is 0 Å². The normalized spacial score (nSPS) is 18.8. The molecular formula is C19H26Cl2N2O. The zero-order valence-corrected chi connectivity index (χ0v) is 15.6. The Morgan fingerprint density at radius 2 is 1.75 bits per heavy atom. The number of amides is 1. The lowest BCUT2D eigenvalue weighted by atomic mass is 9.89. The quantitative estimate of drug-likeness (QED) is 0.701. The average molecular weight is 369 g/mol. The van der Waals surface area contributed by atoms with Gasteiger partial charge >= 0.3 is 0 Å². The maximum atomic E-state index is 12.3. The molecule has 1 N–H and O–H groups in total. The molecule has 3 rings (SSSR count). The van der Waals surface area contributed by atoms with Crippen molar-refractivity contribution < 1.29 is 4.79 Å². The third-order valence-electron chi connectivity index (χ3n) is 5.13. The lowest BCUT2D eigenvalue weighted by Crippen LogP contribution is -2.35. The van der Waals surface area contributed by atoms with E-state index in [0.717, 1.165) is 19.0 Å². The Bertz CT molecular complexity index is 548. The zero-order chi connectivity index (χ0) is 16.9. The van der Waals surface area contributed by atoms with E-state index in [2.05, 4.69) is 10.2 Å². The molecule has 1 aromatic carbocycles. The molecular weight excluding hydrogens is 343 g/mol. The van der Waals surface area contributed by atoms with Crippen LogP contribution in [0, 0.1) is 5.92 Å². The molecule has 1 amide bonds. The number of rotatable bonds is 7. The summed E-state index contributed by atoms with van der Waals surface area (Å²) in [5.74, 6) is 0.805. The van der Waals surface area contributed by atoms with Gasteiger partial charge in [-0.25, -0.2) is 0 Å². The molecule has 0 heterocycles. The minimum Gasteiger partial charge on any atom is -0.324 e. The van der Waals surface area contributed by atoms with Crippen LogP contribution in [0.1, 0.15) is 51.4 Å². The molecule has 0 aliphatic heterocycles. The molecule has 24 heavy (non-hydrogen) atoms. The van der Waals surface area contributed by atoms with Gasteiger partial charge in [-0.3, -0.25) is 9.69 Å². The lowest BCUT2D eigenvalue weighted by Gasteiger charge is -2.29. The highest BCUT2D eigenvalue weighted by atomic mass is 35.5. The van der Waals surface area contributed by atoms with Gasteiger partial charge in [0.1, 0.15) is 0 Å². The van der Waals surface area contributed by atoms with Gasteiger partial charge < -0.3 is 5.32 Å². The summed E-state index contributed by atoms with van der Waals surface area (Å²) in [6, 6.07) is 5.95. The van der Waals surface area contributed by atoms with Gasteiger partial charge in [-0.15, -0.1) is 0 Å². The van der Waals surface area contributed by atoms with E-state index in [1.54, 1.807) is 18.2 Å². The number of halogens is 2. The second-order valence-corrected chi connectivity index (χ2v) is 7.94. The van der Waals surface area contributed by atoms with Crippen LogP contribution in [0.5, 0.6) is 0 Å². The van der Waals surface area contributed by atoms with Gasteiger partial charge in [0, 0.05) is 25.6 Å². The summed E-state index contributed by atoms with van der Waals surface area (Å²) in [4.78, 5) is 14.8. The van der Waals surface area contributed by atoms with Crippen LogP contribution in [0.2, 0.25) is 10.0 Å². The second-order valence-electron chi connectivity index (χ2n) is 7.12. The molecule has 2 aliphatic rings. The molecule has 0 saturated heterocycles. The Morgan fingerprint density at radius 1 is 1.08 bits per heavy atom. The number of hydrogen-bond acceptors (Lipinski definition) is 2. The van der Waals surface area contributed by atoms with E-state index in [9.17, 15) is 4.79 Å². The first-order chi connectivity index (χ1) is 11.6. The van der Waals surface area contributed by atoms with E-state index in [1.165, 1.54) is 44.9 Å². The van der Waals surface area contributed by atoms with Crippen LogP contribution in [0.4, 0.5) is 5.69 Å². The third kappa shape index (κ3) is 5.11. The van der Waals surface area contributed by atoms with Gasteiger partial charge in [0.15, 0.2) is 0 Å². The molecule has 3 nitrogen and oxygen atoms in total. The van der Waals surface area contributed by atoms with Gasteiger partial charge in [0.05, 0.1) is 15.7 Å². The maximum Gasteiger partial charge on any atom is 0.225 e. The van der Waals surface area contributed by atoms with Gasteiger partial charge in [0.2, 0.25) is 5.91 Å². The fourth-order valence-electron chi connectivity index (χ4n) is 3.63. The highest BCUT2D eigenvalue weighted by molar-refractivity contribution is 6.39. The molecule has 5 heteroatoms. The Labute approximate surface area is 154 Å². The summed E-state index contributed by atoms with van der Waals surface area (Å²) in [7, 11) is 0. The molecule has 2 aliphatic carbocycles. The number of carbonyl (C=O) groups is 1. The first kappa shape index (κ1) is 18.0. The van der Waals surface area contributed by atoms with E-state index < -0.39 is 0 Å². The average Bonchev–Trinajstić information content (AvgIpc) is 3.41. The van der Waals surface area contributed by atoms with Crippen molar-refractivity contribution in [1.29, 1.82) is 0 Å². The minimum absolute atomic E-state index is 0.0145. The molecule has 2 saturated carbocycles. The van der Waals surface area contributed by atoms with Crippen LogP contribution in [-0.2, 0) is 4.79 Å². The minimum atomic E-state index is -0.0145. The van der Waals surface area contributed by atoms with Crippen molar-refractivity contribution in [2.75, 3.05) is 18.4 Å². The SMILES string of the molecule is O=C(CCN(CC1CCCCC1)C1CC1)Nc1c(Cl)cccc1Cl. The topological polar surface area (TPSA) is 32.3 Å². The first-order valence-electron chi connectivity index (χ1n) is 9.11. The summed E-state index contributed by atoms with van der Waals surface area (Å²) in [5.41, 5.74) is 0.524. The van der Waals surface area contributed by atoms with Gasteiger partial charge in [-0.1, -0.05) is 48.5 Å². The third-order valence-corrected chi connectivity index (χ3v) is 5.76. The molecule has 0 bridgehead atoms. The van der Waals surface area contributed by atoms with Crippen molar-refractivity contribution in [1.82, 2.24) is 4.90 Å². The Hall–Kier alpha value is -0.770. The van der Waals surface area contributed by atoms with Crippen molar-refractivity contribution in [3.63, 3.8) is 0 Å². The van der Waals surface area contributed by atoms with Crippen LogP contribution in [0.25, 0.3) is 0 Å². The standard InChI is InChI=1S/C19H26Cl2N2O/c20-16-7-4-8-17(21)19(16)22-18(24)11-12-23(15-9-10-15)13-14-5-2-1-3-6-14/h4,7-8,14-15H,1-3,5-6,9-13H2,(H,22,24). The predicted octanol–water partition coefficient (Wildman–Crippen LogP) is 5.37. The first-order valence-corrected chi connectivity index (χ1v) is 9.87. The van der Waals surface area contributed by atoms with Gasteiger partial charge in [0.25, 0.3) is 0 Å². The summed E-state index contributed by atoms with van der Waals surface area (Å²) in [6.07, 6.45) is 9.89. The van der Waals surface area contributed by atoms with Crippen molar-refractivity contribution in [2.24, 2.45) is 5.92 Å². The Balaban J connectivity index is 1.50. The van der Waals surface area contributed by atoms with Gasteiger partial charge in [-0.2, -0.15) is 0 Å². The Morgan fingerprint density at radius 3 is 2.38 bits per heavy atom. The van der Waals surface area contributed by atoms with Gasteiger partial charge in [-0.05, 0) is 43.7 Å². The van der Waals surface area contributed by atoms with Crippen LogP contribution in [0.3, 0.4) is 0 Å². The van der Waals surface area contributed by atoms with E-state index in [1.807, 2.05) is 0 Å². The molecule has 0 unspecified atom stereocenters. The number of para-hydroxylation sites is 1. The molecule has 0 radical (unpaired) electrons. The van der Waals surface area contributed by atoms with E-state index in [-0.39, 0.29) is 5.91 Å². The maximum absolute atomic E-state index is 12.3. The fourth-order valence-corrected chi connectivity index (χ4v) is 4.12. The fraction of sp³-hybridized carbons (Fsp3) is 0.632. The highest BCUT2D eigenvalue weighted by Gasteiger charge is 2.31. The smallest absolute Gasteiger partial charge is 0.225 e.